The van der Waals surface area contributed by atoms with Crippen molar-refractivity contribution in [1.82, 2.24) is 15.2 Å². The summed E-state index contributed by atoms with van der Waals surface area (Å²) in [6, 6.07) is 16.5. The topological polar surface area (TPSA) is 54.5 Å². The highest BCUT2D eigenvalue weighted by molar-refractivity contribution is 5.82. The average molecular weight is 418 g/mol. The summed E-state index contributed by atoms with van der Waals surface area (Å²) in [4.78, 5) is 19.1. The molecule has 2 heterocycles. The fraction of sp³-hybridized carbons (Fsp3) is 0.385. The first kappa shape index (κ1) is 21.3. The molecule has 31 heavy (non-hydrogen) atoms. The van der Waals surface area contributed by atoms with Crippen LogP contribution >= 0.6 is 0 Å². The van der Waals surface area contributed by atoms with E-state index in [0.29, 0.717) is 13.1 Å². The second kappa shape index (κ2) is 9.92. The number of pyridine rings is 1. The van der Waals surface area contributed by atoms with Crippen molar-refractivity contribution in [3.05, 3.63) is 71.4 Å². The molecule has 4 rings (SSSR count). The Balaban J connectivity index is 1.20. The summed E-state index contributed by atoms with van der Waals surface area (Å²) in [5.74, 6) is 1.07. The molecule has 0 saturated carbocycles. The molecule has 1 fully saturated rings. The zero-order valence-electron chi connectivity index (χ0n) is 18.4. The van der Waals surface area contributed by atoms with E-state index in [-0.39, 0.29) is 12.0 Å². The van der Waals surface area contributed by atoms with E-state index in [1.54, 1.807) is 0 Å². The van der Waals surface area contributed by atoms with Crippen LogP contribution in [0.15, 0.2) is 54.7 Å². The molecule has 1 N–H and O–H groups in total. The van der Waals surface area contributed by atoms with Gasteiger partial charge in [-0.2, -0.15) is 0 Å². The number of fused-ring (bicyclic) bond motifs is 1. The first-order valence-electron chi connectivity index (χ1n) is 11.1. The predicted molar refractivity (Wildman–Crippen MR) is 124 cm³/mol. The third-order valence-electron chi connectivity index (χ3n) is 5.97. The molecular formula is C26H31N3O2. The van der Waals surface area contributed by atoms with Gasteiger partial charge in [0.1, 0.15) is 11.9 Å². The van der Waals surface area contributed by atoms with Gasteiger partial charge in [0.25, 0.3) is 0 Å². The molecule has 0 unspecified atom stereocenters. The van der Waals surface area contributed by atoms with Gasteiger partial charge >= 0.3 is 0 Å². The van der Waals surface area contributed by atoms with Crippen LogP contribution in [0.1, 0.15) is 29.5 Å². The van der Waals surface area contributed by atoms with Gasteiger partial charge in [-0.25, -0.2) is 0 Å². The Morgan fingerprint density at radius 2 is 1.94 bits per heavy atom. The molecular weight excluding hydrogens is 386 g/mol. The minimum Gasteiger partial charge on any atom is -0.490 e. The summed E-state index contributed by atoms with van der Waals surface area (Å²) in [6.07, 6.45) is 4.72. The molecule has 5 nitrogen and oxygen atoms in total. The van der Waals surface area contributed by atoms with Crippen LogP contribution in [0.5, 0.6) is 5.75 Å². The summed E-state index contributed by atoms with van der Waals surface area (Å²) in [5, 5.41) is 4.20. The van der Waals surface area contributed by atoms with E-state index in [2.05, 4.69) is 65.4 Å². The molecule has 0 atom stereocenters. The van der Waals surface area contributed by atoms with E-state index in [1.807, 2.05) is 18.3 Å². The number of likely N-dealkylation sites (tertiary alicyclic amines) is 1. The van der Waals surface area contributed by atoms with Crippen molar-refractivity contribution in [2.75, 3.05) is 26.2 Å². The Bertz CT molecular complexity index is 1040. The van der Waals surface area contributed by atoms with Crippen LogP contribution in [0, 0.1) is 13.8 Å². The standard InChI is InChI=1S/C26H31N3O2/c1-19-8-9-20(2)24(17-19)31-23-11-15-29(16-12-23)18-25(30)27-14-10-22-6-3-5-21-7-4-13-28-26(21)22/h3-9,13,17,23H,10-12,14-16,18H2,1-2H3,(H,27,30). The maximum atomic E-state index is 12.4. The second-order valence-corrected chi connectivity index (χ2v) is 8.45. The number of nitrogens with one attached hydrogen (secondary N) is 1. The second-order valence-electron chi connectivity index (χ2n) is 8.45. The van der Waals surface area contributed by atoms with Gasteiger partial charge in [-0.05, 0) is 61.9 Å². The Hall–Kier alpha value is -2.92. The molecule has 0 radical (unpaired) electrons. The minimum atomic E-state index is 0.0853. The molecule has 162 valence electrons. The Morgan fingerprint density at radius 3 is 2.77 bits per heavy atom. The first-order chi connectivity index (χ1) is 15.1. The molecule has 1 aliphatic rings. The maximum Gasteiger partial charge on any atom is 0.234 e. The number of aromatic nitrogens is 1. The van der Waals surface area contributed by atoms with Crippen molar-refractivity contribution in [3.8, 4) is 5.75 Å². The van der Waals surface area contributed by atoms with Crippen LogP contribution < -0.4 is 10.1 Å². The molecule has 5 heteroatoms. The van der Waals surface area contributed by atoms with E-state index < -0.39 is 0 Å². The number of benzene rings is 2. The summed E-state index contributed by atoms with van der Waals surface area (Å²) in [7, 11) is 0. The lowest BCUT2D eigenvalue weighted by molar-refractivity contribution is -0.122. The van der Waals surface area contributed by atoms with E-state index in [9.17, 15) is 4.79 Å². The highest BCUT2D eigenvalue weighted by Crippen LogP contribution is 2.24. The van der Waals surface area contributed by atoms with Crippen molar-refractivity contribution in [2.45, 2.75) is 39.2 Å². The van der Waals surface area contributed by atoms with Crippen molar-refractivity contribution >= 4 is 16.8 Å². The Kier molecular flexibility index (Phi) is 6.82. The fourth-order valence-electron chi connectivity index (χ4n) is 4.16. The highest BCUT2D eigenvalue weighted by Gasteiger charge is 2.22. The number of para-hydroxylation sites is 1. The lowest BCUT2D eigenvalue weighted by atomic mass is 10.1. The quantitative estimate of drug-likeness (QED) is 0.630. The molecule has 0 spiro atoms. The average Bonchev–Trinajstić information content (AvgIpc) is 2.78. The van der Waals surface area contributed by atoms with Gasteiger partial charge in [0.05, 0.1) is 12.1 Å². The number of rotatable bonds is 7. The molecule has 3 aromatic rings. The van der Waals surface area contributed by atoms with Crippen molar-refractivity contribution in [2.24, 2.45) is 0 Å². The predicted octanol–water partition coefficient (Wildman–Crippen LogP) is 4.05. The monoisotopic (exact) mass is 417 g/mol. The zero-order chi connectivity index (χ0) is 21.6. The Morgan fingerprint density at radius 1 is 1.13 bits per heavy atom. The SMILES string of the molecule is Cc1ccc(C)c(OC2CCN(CC(=O)NCCc3cccc4cccnc34)CC2)c1. The molecule has 1 saturated heterocycles. The molecule has 1 aromatic heterocycles. The summed E-state index contributed by atoms with van der Waals surface area (Å²) < 4.78 is 6.24. The molecule has 0 bridgehead atoms. The fourth-order valence-corrected chi connectivity index (χ4v) is 4.16. The van der Waals surface area contributed by atoms with Crippen LogP contribution in [-0.4, -0.2) is 48.1 Å². The number of piperidine rings is 1. The highest BCUT2D eigenvalue weighted by atomic mass is 16.5. The molecule has 0 aliphatic carbocycles. The Labute approximate surface area is 184 Å². The smallest absolute Gasteiger partial charge is 0.234 e. The van der Waals surface area contributed by atoms with Crippen molar-refractivity contribution in [3.63, 3.8) is 0 Å². The van der Waals surface area contributed by atoms with Gasteiger partial charge in [0.2, 0.25) is 5.91 Å². The normalized spacial score (nSPS) is 15.2. The number of aryl methyl sites for hydroxylation is 2. The van der Waals surface area contributed by atoms with Crippen LogP contribution in [0.4, 0.5) is 0 Å². The number of ether oxygens (including phenoxy) is 1. The van der Waals surface area contributed by atoms with Gasteiger partial charge in [0.15, 0.2) is 0 Å². The number of carbonyl (C=O) groups is 1. The molecule has 1 aliphatic heterocycles. The molecule has 1 amide bonds. The third-order valence-corrected chi connectivity index (χ3v) is 5.97. The van der Waals surface area contributed by atoms with Gasteiger partial charge in [0, 0.05) is 31.2 Å². The third kappa shape index (κ3) is 5.61. The lowest BCUT2D eigenvalue weighted by Gasteiger charge is -2.32. The number of carbonyl (C=O) groups excluding carboxylic acids is 1. The minimum absolute atomic E-state index is 0.0853. The van der Waals surface area contributed by atoms with Gasteiger partial charge in [-0.3, -0.25) is 14.7 Å². The van der Waals surface area contributed by atoms with Gasteiger partial charge < -0.3 is 10.1 Å². The van der Waals surface area contributed by atoms with Crippen molar-refractivity contribution in [1.29, 1.82) is 0 Å². The largest absolute Gasteiger partial charge is 0.490 e. The van der Waals surface area contributed by atoms with Crippen molar-refractivity contribution < 1.29 is 9.53 Å². The van der Waals surface area contributed by atoms with Crippen LogP contribution in [-0.2, 0) is 11.2 Å². The van der Waals surface area contributed by atoms with Crippen LogP contribution in [0.25, 0.3) is 10.9 Å². The van der Waals surface area contributed by atoms with E-state index in [1.165, 1.54) is 16.7 Å². The number of hydrogen-bond acceptors (Lipinski definition) is 4. The summed E-state index contributed by atoms with van der Waals surface area (Å²) in [6.45, 7) is 7.02. The van der Waals surface area contributed by atoms with E-state index in [0.717, 1.165) is 49.0 Å². The van der Waals surface area contributed by atoms with Crippen LogP contribution in [0.2, 0.25) is 0 Å². The lowest BCUT2D eigenvalue weighted by Crippen LogP contribution is -2.44. The number of hydrogen-bond donors (Lipinski definition) is 1. The van der Waals surface area contributed by atoms with E-state index in [4.69, 9.17) is 4.74 Å². The first-order valence-corrected chi connectivity index (χ1v) is 11.1. The summed E-state index contributed by atoms with van der Waals surface area (Å²) >= 11 is 0. The number of nitrogens with zero attached hydrogens (tertiary/aromatic N) is 2. The maximum absolute atomic E-state index is 12.4. The van der Waals surface area contributed by atoms with Gasteiger partial charge in [-0.15, -0.1) is 0 Å². The van der Waals surface area contributed by atoms with E-state index >= 15 is 0 Å². The molecule has 2 aromatic carbocycles. The number of amides is 1. The summed E-state index contributed by atoms with van der Waals surface area (Å²) in [5.41, 5.74) is 4.58. The van der Waals surface area contributed by atoms with Crippen LogP contribution in [0.3, 0.4) is 0 Å². The zero-order valence-corrected chi connectivity index (χ0v) is 18.4. The van der Waals surface area contributed by atoms with Gasteiger partial charge in [-0.1, -0.05) is 36.4 Å².